The summed E-state index contributed by atoms with van der Waals surface area (Å²) in [6, 6.07) is -0.655. The van der Waals surface area contributed by atoms with E-state index in [9.17, 15) is 24.6 Å². The Hall–Kier alpha value is -2.31. The van der Waals surface area contributed by atoms with Gasteiger partial charge in [0.25, 0.3) is 0 Å². The molecule has 2 amide bonds. The Kier molecular flexibility index (Phi) is 6.61. The van der Waals surface area contributed by atoms with Gasteiger partial charge in [-0.05, 0) is 13.3 Å². The standard InChI is InChI=1S/C21H32N6O5S/c1-10-15-14(11(2)28)19(30)27(15)16(20(31)32)17(10)33-12-8-13(24-9-12)18(29)25-4-6-26(7-5-25)21(22)23-3/h10-15,24,28H,4-9H2,1-3H3,(H2,22,23)(H,31,32)/t10-,11?,12+,13+,14-,15-/m1/s1. The summed E-state index contributed by atoms with van der Waals surface area (Å²) in [6.07, 6.45) is -0.245. The van der Waals surface area contributed by atoms with E-state index in [0.717, 1.165) is 0 Å². The van der Waals surface area contributed by atoms with Crippen molar-refractivity contribution in [1.82, 2.24) is 25.3 Å². The summed E-state index contributed by atoms with van der Waals surface area (Å²) in [7, 11) is 1.71. The van der Waals surface area contributed by atoms with Gasteiger partial charge in [0.1, 0.15) is 5.70 Å². The average molecular weight is 481 g/mol. The first-order chi connectivity index (χ1) is 15.6. The van der Waals surface area contributed by atoms with Crippen LogP contribution in [0.1, 0.15) is 20.3 Å². The number of hydrogen-bond donors (Lipinski definition) is 5. The number of carboxylic acids is 1. The fourth-order valence-electron chi connectivity index (χ4n) is 5.37. The predicted molar refractivity (Wildman–Crippen MR) is 122 cm³/mol. The number of carboxylic acid groups (broad SMARTS) is 1. The van der Waals surface area contributed by atoms with Crippen molar-refractivity contribution < 1.29 is 24.6 Å². The van der Waals surface area contributed by atoms with Gasteiger partial charge in [0.05, 0.1) is 24.1 Å². The number of aliphatic hydroxyl groups is 1. The average Bonchev–Trinajstić information content (AvgIpc) is 3.34. The Labute approximate surface area is 197 Å². The maximum atomic E-state index is 13.0. The monoisotopic (exact) mass is 480 g/mol. The topological polar surface area (TPSA) is 149 Å². The van der Waals surface area contributed by atoms with Gasteiger partial charge in [-0.15, -0.1) is 11.8 Å². The number of thioether (sulfide) groups is 1. The van der Waals surface area contributed by atoms with Crippen LogP contribution in [0.4, 0.5) is 0 Å². The summed E-state index contributed by atoms with van der Waals surface area (Å²) in [5.74, 6) is -1.83. The number of rotatable bonds is 5. The van der Waals surface area contributed by atoms with Gasteiger partial charge in [0, 0.05) is 55.8 Å². The number of carbonyl (C=O) groups excluding carboxylic acids is 2. The number of nitrogens with zero attached hydrogens (tertiary/aromatic N) is 3. The lowest BCUT2D eigenvalue weighted by Gasteiger charge is -2.46. The van der Waals surface area contributed by atoms with Crippen LogP contribution < -0.4 is 10.6 Å². The lowest BCUT2D eigenvalue weighted by atomic mass is 9.79. The smallest absolute Gasteiger partial charge is 0.353 e. The van der Waals surface area contributed by atoms with Crippen LogP contribution in [0.3, 0.4) is 0 Å². The molecule has 4 heterocycles. The second-order valence-corrected chi connectivity index (χ2v) is 10.5. The minimum Gasteiger partial charge on any atom is -0.477 e. The van der Waals surface area contributed by atoms with E-state index in [1.54, 1.807) is 14.0 Å². The molecule has 0 saturated carbocycles. The van der Waals surface area contributed by atoms with Crippen LogP contribution in [0, 0.1) is 17.2 Å². The first-order valence-corrected chi connectivity index (χ1v) is 12.2. The molecule has 0 radical (unpaired) electrons. The minimum absolute atomic E-state index is 0.0170. The van der Waals surface area contributed by atoms with Crippen LogP contribution >= 0.6 is 11.8 Å². The molecule has 0 aromatic rings. The normalized spacial score (nSPS) is 32.5. The lowest BCUT2D eigenvalue weighted by Crippen LogP contribution is -2.63. The summed E-state index contributed by atoms with van der Waals surface area (Å²) in [5.41, 5.74) is 0.0253. The zero-order valence-electron chi connectivity index (χ0n) is 19.1. The van der Waals surface area contributed by atoms with Crippen LogP contribution in [0.2, 0.25) is 0 Å². The van der Waals surface area contributed by atoms with E-state index < -0.39 is 18.0 Å². The summed E-state index contributed by atoms with van der Waals surface area (Å²) < 4.78 is 0. The molecule has 5 N–H and O–H groups in total. The highest BCUT2D eigenvalue weighted by Crippen LogP contribution is 2.51. The van der Waals surface area contributed by atoms with E-state index in [1.165, 1.54) is 16.7 Å². The molecule has 0 aromatic carbocycles. The number of aliphatic carboxylic acids is 1. The zero-order valence-corrected chi connectivity index (χ0v) is 19.9. The SMILES string of the molecule is CNC(=N)N1CCN(C(=O)[C@@H]2C[C@H](SC3=C(C(=O)O)N4C(=O)[C@H](C(C)O)[C@H]4[C@H]3C)CN2)CC1. The van der Waals surface area contributed by atoms with Crippen LogP contribution in [0.15, 0.2) is 10.6 Å². The molecule has 0 spiro atoms. The Morgan fingerprint density at radius 1 is 1.24 bits per heavy atom. The first kappa shape index (κ1) is 23.8. The molecule has 0 aliphatic carbocycles. The molecule has 0 aromatic heterocycles. The molecule has 182 valence electrons. The van der Waals surface area contributed by atoms with Crippen LogP contribution in [-0.4, -0.2) is 112 Å². The van der Waals surface area contributed by atoms with E-state index in [-0.39, 0.29) is 40.8 Å². The van der Waals surface area contributed by atoms with Crippen molar-refractivity contribution in [1.29, 1.82) is 5.41 Å². The van der Waals surface area contributed by atoms with Gasteiger partial charge in [-0.1, -0.05) is 6.92 Å². The highest BCUT2D eigenvalue weighted by Gasteiger charge is 2.60. The highest BCUT2D eigenvalue weighted by molar-refractivity contribution is 8.03. The molecule has 6 atom stereocenters. The predicted octanol–water partition coefficient (Wildman–Crippen LogP) is -1.10. The van der Waals surface area contributed by atoms with Gasteiger partial charge < -0.3 is 35.5 Å². The van der Waals surface area contributed by atoms with Crippen molar-refractivity contribution in [2.75, 3.05) is 39.8 Å². The summed E-state index contributed by atoms with van der Waals surface area (Å²) in [6.45, 7) is 6.39. The number of guanidine groups is 1. The molecule has 1 unspecified atom stereocenters. The Morgan fingerprint density at radius 3 is 2.45 bits per heavy atom. The molecule has 4 aliphatic heterocycles. The molecule has 11 nitrogen and oxygen atoms in total. The number of β-lactam (4-membered cyclic amide) rings is 1. The molecule has 3 fully saturated rings. The van der Waals surface area contributed by atoms with Crippen molar-refractivity contribution in [2.45, 2.75) is 43.7 Å². The number of fused-ring (bicyclic) bond motifs is 1. The lowest BCUT2D eigenvalue weighted by molar-refractivity contribution is -0.163. The Bertz CT molecular complexity index is 886. The number of aliphatic hydroxyl groups excluding tert-OH is 1. The molecule has 0 bridgehead atoms. The molecule has 4 aliphatic rings. The van der Waals surface area contributed by atoms with E-state index in [0.29, 0.717) is 50.0 Å². The summed E-state index contributed by atoms with van der Waals surface area (Å²) in [4.78, 5) is 43.2. The number of carbonyl (C=O) groups is 3. The quantitative estimate of drug-likeness (QED) is 0.188. The Morgan fingerprint density at radius 2 is 1.88 bits per heavy atom. The number of hydrogen-bond acceptors (Lipinski definition) is 7. The van der Waals surface area contributed by atoms with Crippen molar-refractivity contribution >= 4 is 35.5 Å². The third-order valence-electron chi connectivity index (χ3n) is 7.14. The zero-order chi connectivity index (χ0) is 24.0. The van der Waals surface area contributed by atoms with Crippen LogP contribution in [0.5, 0.6) is 0 Å². The Balaban J connectivity index is 1.38. The molecular formula is C21H32N6O5S. The second kappa shape index (κ2) is 9.15. The van der Waals surface area contributed by atoms with E-state index in [2.05, 4.69) is 10.6 Å². The highest BCUT2D eigenvalue weighted by atomic mass is 32.2. The van der Waals surface area contributed by atoms with Crippen molar-refractivity contribution in [2.24, 2.45) is 11.8 Å². The maximum absolute atomic E-state index is 13.0. The first-order valence-electron chi connectivity index (χ1n) is 11.3. The molecule has 33 heavy (non-hydrogen) atoms. The van der Waals surface area contributed by atoms with Gasteiger partial charge in [0.2, 0.25) is 11.8 Å². The van der Waals surface area contributed by atoms with Gasteiger partial charge in [0.15, 0.2) is 5.96 Å². The molecule has 12 heteroatoms. The largest absolute Gasteiger partial charge is 0.477 e. The van der Waals surface area contributed by atoms with Gasteiger partial charge in [-0.3, -0.25) is 15.0 Å². The third kappa shape index (κ3) is 4.08. The number of nitrogens with one attached hydrogen (secondary N) is 3. The van der Waals surface area contributed by atoms with Gasteiger partial charge >= 0.3 is 5.97 Å². The molecular weight excluding hydrogens is 448 g/mol. The van der Waals surface area contributed by atoms with E-state index in [4.69, 9.17) is 5.41 Å². The number of piperazine rings is 1. The van der Waals surface area contributed by atoms with E-state index >= 15 is 0 Å². The van der Waals surface area contributed by atoms with Gasteiger partial charge in [-0.25, -0.2) is 4.79 Å². The third-order valence-corrected chi connectivity index (χ3v) is 8.65. The van der Waals surface area contributed by atoms with Crippen molar-refractivity contribution in [3.05, 3.63) is 10.6 Å². The van der Waals surface area contributed by atoms with Crippen molar-refractivity contribution in [3.8, 4) is 0 Å². The van der Waals surface area contributed by atoms with Crippen LogP contribution in [0.25, 0.3) is 0 Å². The molecule has 3 saturated heterocycles. The molecule has 4 rings (SSSR count). The summed E-state index contributed by atoms with van der Waals surface area (Å²) in [5, 5.41) is 33.8. The van der Waals surface area contributed by atoms with E-state index in [1.807, 2.05) is 16.7 Å². The van der Waals surface area contributed by atoms with Crippen molar-refractivity contribution in [3.63, 3.8) is 0 Å². The van der Waals surface area contributed by atoms with Crippen LogP contribution in [-0.2, 0) is 14.4 Å². The fraction of sp³-hybridized carbons (Fsp3) is 0.714. The summed E-state index contributed by atoms with van der Waals surface area (Å²) >= 11 is 1.44. The minimum atomic E-state index is -1.13. The van der Waals surface area contributed by atoms with Gasteiger partial charge in [-0.2, -0.15) is 0 Å². The fourth-order valence-corrected chi connectivity index (χ4v) is 6.85. The second-order valence-electron chi connectivity index (χ2n) is 9.12. The number of amides is 2. The maximum Gasteiger partial charge on any atom is 0.353 e.